The Labute approximate surface area is 156 Å². The summed E-state index contributed by atoms with van der Waals surface area (Å²) in [5, 5.41) is -0.798. The molecule has 0 unspecified atom stereocenters. The Bertz CT molecular complexity index is 912. The van der Waals surface area contributed by atoms with Crippen LogP contribution in [0.5, 0.6) is 0 Å². The fourth-order valence-corrected chi connectivity index (χ4v) is 8.21. The minimum atomic E-state index is -4.44. The van der Waals surface area contributed by atoms with E-state index >= 15 is 0 Å². The van der Waals surface area contributed by atoms with Gasteiger partial charge in [0, 0.05) is 0 Å². The molecule has 0 saturated heterocycles. The van der Waals surface area contributed by atoms with Crippen LogP contribution in [-0.2, 0) is 38.9 Å². The average Bonchev–Trinajstić information content (AvgIpc) is 3.15. The van der Waals surface area contributed by atoms with Crippen LogP contribution in [0.25, 0.3) is 5.53 Å². The van der Waals surface area contributed by atoms with E-state index in [9.17, 15) is 22.4 Å². The first-order chi connectivity index (χ1) is 12.2. The second kappa shape index (κ2) is 8.03. The molecule has 1 aromatic rings. The fourth-order valence-electron chi connectivity index (χ4n) is 3.59. The average molecular weight is 399 g/mol. The van der Waals surface area contributed by atoms with Gasteiger partial charge in [-0.1, -0.05) is 45.7 Å². The number of hydrogen-bond acceptors (Lipinski definition) is 4. The molecule has 0 N–H and O–H groups in total. The van der Waals surface area contributed by atoms with Gasteiger partial charge in [0.05, 0.1) is 10.1 Å². The van der Waals surface area contributed by atoms with Gasteiger partial charge < -0.3 is 5.53 Å². The van der Waals surface area contributed by atoms with E-state index in [0.29, 0.717) is 36.8 Å². The van der Waals surface area contributed by atoms with Crippen LogP contribution >= 0.6 is 0 Å². The first kappa shape index (κ1) is 20.8. The molecule has 0 atom stereocenters. The van der Waals surface area contributed by atoms with Crippen molar-refractivity contribution in [1.29, 1.82) is 0 Å². The Kier molecular flexibility index (Phi) is 6.42. The van der Waals surface area contributed by atoms with E-state index in [4.69, 9.17) is 0 Å². The minimum absolute atomic E-state index is 0.0194. The molecule has 144 valence electrons. The Morgan fingerprint density at radius 3 is 1.88 bits per heavy atom. The number of aryl methyl sites for hydroxylation is 3. The molecule has 0 spiro atoms. The SMILES string of the molecule is CCc1cc(CC)c(S(=O)(=O)C(=[N+]=[N-])S(=O)(=O)C2CCCC2)c(CC)c1. The number of sulfone groups is 2. The van der Waals surface area contributed by atoms with Crippen LogP contribution in [0.15, 0.2) is 17.0 Å². The third-order valence-electron chi connectivity index (χ3n) is 5.04. The lowest BCUT2D eigenvalue weighted by molar-refractivity contribution is 0.00372. The number of rotatable bonds is 5. The molecular formula is C18H26N2O4S2. The molecule has 0 aliphatic heterocycles. The van der Waals surface area contributed by atoms with Gasteiger partial charge in [-0.05, 0) is 48.8 Å². The highest BCUT2D eigenvalue weighted by molar-refractivity contribution is 8.31. The van der Waals surface area contributed by atoms with Crippen LogP contribution in [0.1, 0.15) is 63.1 Å². The lowest BCUT2D eigenvalue weighted by Crippen LogP contribution is -2.34. The monoisotopic (exact) mass is 398 g/mol. The van der Waals surface area contributed by atoms with Gasteiger partial charge in [-0.3, -0.25) is 0 Å². The maximum atomic E-state index is 13.3. The van der Waals surface area contributed by atoms with Crippen molar-refractivity contribution in [3.05, 3.63) is 34.4 Å². The van der Waals surface area contributed by atoms with E-state index in [2.05, 4.69) is 4.79 Å². The summed E-state index contributed by atoms with van der Waals surface area (Å²) < 4.78 is 51.1. The molecule has 0 amide bonds. The minimum Gasteiger partial charge on any atom is -0.359 e. The van der Waals surface area contributed by atoms with Crippen molar-refractivity contribution in [2.75, 3.05) is 0 Å². The van der Waals surface area contributed by atoms with Crippen LogP contribution in [0.3, 0.4) is 0 Å². The molecule has 0 heterocycles. The van der Waals surface area contributed by atoms with Crippen molar-refractivity contribution in [1.82, 2.24) is 0 Å². The van der Waals surface area contributed by atoms with Crippen molar-refractivity contribution in [2.45, 2.75) is 75.9 Å². The summed E-state index contributed by atoms with van der Waals surface area (Å²) in [4.78, 5) is 2.77. The third kappa shape index (κ3) is 3.63. The van der Waals surface area contributed by atoms with E-state index in [-0.39, 0.29) is 4.90 Å². The van der Waals surface area contributed by atoms with E-state index in [1.165, 1.54) is 0 Å². The molecular weight excluding hydrogens is 372 g/mol. The molecule has 1 aromatic carbocycles. The van der Waals surface area contributed by atoms with Crippen LogP contribution < -0.4 is 0 Å². The molecule has 0 bridgehead atoms. The second-order valence-electron chi connectivity index (χ2n) is 6.62. The highest BCUT2D eigenvalue weighted by Gasteiger charge is 2.49. The molecule has 1 saturated carbocycles. The standard InChI is InChI=1S/C18H26N2O4S2/c1-4-13-11-14(5-2)17(15(6-3)12-13)26(23,24)18(20-19)25(21,22)16-9-7-8-10-16/h11-12,16H,4-10H2,1-3H3. The lowest BCUT2D eigenvalue weighted by Gasteiger charge is -2.15. The molecule has 1 aliphatic rings. The van der Waals surface area contributed by atoms with Gasteiger partial charge in [-0.2, -0.15) is 0 Å². The zero-order chi connectivity index (χ0) is 19.5. The Hall–Kier alpha value is -1.50. The predicted molar refractivity (Wildman–Crippen MR) is 102 cm³/mol. The van der Waals surface area contributed by atoms with E-state index in [1.807, 2.05) is 20.8 Å². The van der Waals surface area contributed by atoms with Crippen molar-refractivity contribution >= 4 is 24.1 Å². The van der Waals surface area contributed by atoms with Crippen molar-refractivity contribution in [3.8, 4) is 0 Å². The Morgan fingerprint density at radius 1 is 1.00 bits per heavy atom. The summed E-state index contributed by atoms with van der Waals surface area (Å²) in [6.45, 7) is 5.64. The number of hydrogen-bond donors (Lipinski definition) is 0. The number of nitrogens with zero attached hydrogens (tertiary/aromatic N) is 2. The molecule has 26 heavy (non-hydrogen) atoms. The highest BCUT2D eigenvalue weighted by Crippen LogP contribution is 2.31. The first-order valence-electron chi connectivity index (χ1n) is 9.09. The van der Waals surface area contributed by atoms with E-state index in [1.54, 1.807) is 12.1 Å². The van der Waals surface area contributed by atoms with Crippen LogP contribution in [0.4, 0.5) is 0 Å². The molecule has 2 rings (SSSR count). The summed E-state index contributed by atoms with van der Waals surface area (Å²) in [6, 6.07) is 3.59. The van der Waals surface area contributed by atoms with Crippen LogP contribution in [0.2, 0.25) is 0 Å². The Balaban J connectivity index is 2.71. The summed E-state index contributed by atoms with van der Waals surface area (Å²) in [5.74, 6) is 0. The van der Waals surface area contributed by atoms with Crippen molar-refractivity contribution in [2.24, 2.45) is 0 Å². The molecule has 0 aromatic heterocycles. The summed E-state index contributed by atoms with van der Waals surface area (Å²) in [5.41, 5.74) is 11.5. The largest absolute Gasteiger partial charge is 0.499 e. The van der Waals surface area contributed by atoms with Gasteiger partial charge in [0.25, 0.3) is 19.7 Å². The Morgan fingerprint density at radius 2 is 1.50 bits per heavy atom. The maximum absolute atomic E-state index is 13.3. The molecule has 6 nitrogen and oxygen atoms in total. The lowest BCUT2D eigenvalue weighted by atomic mass is 10.0. The first-order valence-corrected chi connectivity index (χ1v) is 12.1. The normalized spacial score (nSPS) is 15.8. The number of benzene rings is 1. The summed E-state index contributed by atoms with van der Waals surface area (Å²) in [7, 11) is -8.66. The van der Waals surface area contributed by atoms with E-state index < -0.39 is 29.3 Å². The van der Waals surface area contributed by atoms with Gasteiger partial charge in [0.15, 0.2) is 0 Å². The van der Waals surface area contributed by atoms with Crippen molar-refractivity contribution < 1.29 is 21.6 Å². The topological polar surface area (TPSA) is 105 Å². The van der Waals surface area contributed by atoms with Gasteiger partial charge >= 0.3 is 4.38 Å². The van der Waals surface area contributed by atoms with Gasteiger partial charge in [0.2, 0.25) is 0 Å². The third-order valence-corrected chi connectivity index (χ3v) is 9.91. The van der Waals surface area contributed by atoms with E-state index in [0.717, 1.165) is 24.8 Å². The molecule has 0 radical (unpaired) electrons. The zero-order valence-electron chi connectivity index (χ0n) is 15.5. The zero-order valence-corrected chi connectivity index (χ0v) is 17.2. The maximum Gasteiger partial charge on any atom is 0.499 e. The fraction of sp³-hybridized carbons (Fsp3) is 0.611. The summed E-state index contributed by atoms with van der Waals surface area (Å²) in [6.07, 6.45) is 3.89. The van der Waals surface area contributed by atoms with Gasteiger partial charge in [0.1, 0.15) is 0 Å². The summed E-state index contributed by atoms with van der Waals surface area (Å²) >= 11 is 0. The molecule has 1 aliphatic carbocycles. The second-order valence-corrected chi connectivity index (χ2v) is 10.8. The van der Waals surface area contributed by atoms with Crippen LogP contribution in [-0.4, -0.2) is 31.3 Å². The highest BCUT2D eigenvalue weighted by atomic mass is 32.3. The van der Waals surface area contributed by atoms with Gasteiger partial charge in [-0.25, -0.2) is 16.8 Å². The van der Waals surface area contributed by atoms with Crippen molar-refractivity contribution in [3.63, 3.8) is 0 Å². The van der Waals surface area contributed by atoms with Crippen LogP contribution in [0, 0.1) is 0 Å². The molecule has 1 fully saturated rings. The van der Waals surface area contributed by atoms with Gasteiger partial charge in [-0.15, -0.1) is 4.79 Å². The quantitative estimate of drug-likeness (QED) is 0.329. The molecule has 8 heteroatoms. The predicted octanol–water partition coefficient (Wildman–Crippen LogP) is 3.09. The smallest absolute Gasteiger partial charge is 0.359 e.